The zero-order valence-corrected chi connectivity index (χ0v) is 17.0. The molecule has 5 atom stereocenters. The Morgan fingerprint density at radius 3 is 2.34 bits per heavy atom. The molecule has 2 bridgehead atoms. The summed E-state index contributed by atoms with van der Waals surface area (Å²) < 4.78 is 81.6. The lowest BCUT2D eigenvalue weighted by Crippen LogP contribution is -2.45. The van der Waals surface area contributed by atoms with Crippen LogP contribution >= 0.6 is 0 Å². The number of nitrogens with zero attached hydrogens (tertiary/aromatic N) is 3. The molecule has 1 aromatic carbocycles. The quantitative estimate of drug-likeness (QED) is 0.652. The van der Waals surface area contributed by atoms with Crippen LogP contribution in [-0.2, 0) is 6.18 Å². The molecule has 0 spiro atoms. The first-order chi connectivity index (χ1) is 15.1. The molecule has 1 saturated carbocycles. The van der Waals surface area contributed by atoms with Gasteiger partial charge in [0.2, 0.25) is 5.95 Å². The van der Waals surface area contributed by atoms with Gasteiger partial charge in [0.25, 0.3) is 0 Å². The first kappa shape index (κ1) is 21.5. The van der Waals surface area contributed by atoms with Gasteiger partial charge in [0, 0.05) is 12.0 Å². The number of hydrogen-bond donors (Lipinski definition) is 2. The fraction of sp³-hybridized carbons (Fsp3) is 0.619. The van der Waals surface area contributed by atoms with E-state index >= 15 is 0 Å². The molecule has 0 amide bonds. The summed E-state index contributed by atoms with van der Waals surface area (Å²) in [6, 6.07) is 2.98. The minimum Gasteiger partial charge on any atom is -0.350 e. The van der Waals surface area contributed by atoms with Crippen LogP contribution in [0, 0.1) is 11.8 Å². The molecule has 3 heterocycles. The highest BCUT2D eigenvalue weighted by Crippen LogP contribution is 2.45. The summed E-state index contributed by atoms with van der Waals surface area (Å²) in [5.74, 6) is 0.196. The molecule has 1 saturated heterocycles. The molecule has 2 aromatic rings. The van der Waals surface area contributed by atoms with E-state index in [1.54, 1.807) is 0 Å². The number of halogens is 6. The second-order valence-corrected chi connectivity index (χ2v) is 8.97. The van der Waals surface area contributed by atoms with Crippen LogP contribution in [0.3, 0.4) is 0 Å². The van der Waals surface area contributed by atoms with Crippen molar-refractivity contribution in [3.63, 3.8) is 0 Å². The zero-order chi connectivity index (χ0) is 22.7. The van der Waals surface area contributed by atoms with E-state index in [-0.39, 0.29) is 30.7 Å². The number of benzene rings is 1. The van der Waals surface area contributed by atoms with Crippen molar-refractivity contribution in [1.29, 1.82) is 0 Å². The molecule has 3 aliphatic rings. The van der Waals surface area contributed by atoms with Crippen molar-refractivity contribution in [1.82, 2.24) is 20.1 Å². The van der Waals surface area contributed by atoms with E-state index in [9.17, 15) is 26.3 Å². The van der Waals surface area contributed by atoms with Gasteiger partial charge in [-0.2, -0.15) is 31.3 Å². The molecule has 5 rings (SSSR count). The number of alkyl halides is 6. The Balaban J connectivity index is 1.50. The lowest BCUT2D eigenvalue weighted by molar-refractivity contribution is -0.175. The highest BCUT2D eigenvalue weighted by atomic mass is 19.4. The number of piperidine rings is 1. The lowest BCUT2D eigenvalue weighted by Gasteiger charge is -2.31. The molecule has 174 valence electrons. The molecule has 2 fully saturated rings. The van der Waals surface area contributed by atoms with Gasteiger partial charge in [0.05, 0.1) is 5.56 Å². The van der Waals surface area contributed by atoms with Crippen molar-refractivity contribution in [3.8, 4) is 0 Å². The van der Waals surface area contributed by atoms with Crippen molar-refractivity contribution in [2.45, 2.75) is 56.0 Å². The minimum atomic E-state index is -4.53. The maximum Gasteiger partial charge on any atom is 0.416 e. The third kappa shape index (κ3) is 3.84. The van der Waals surface area contributed by atoms with Gasteiger partial charge in [-0.25, -0.2) is 4.68 Å². The standard InChI is InChI=1S/C21H23F6N5/c22-20(23,24)14-3-1-2-11(8-14)15-6-7-16(21(25,26)27)32-18(15)30-19(31-32)29-17-12-4-5-13(17)10-28-9-12/h1-3,8,12-13,15-17,28H,4-7,9-10H2,(H,29,31)/t12-,13+,15?,16?,17?. The molecule has 11 heteroatoms. The van der Waals surface area contributed by atoms with Crippen LogP contribution in [0.5, 0.6) is 0 Å². The summed E-state index contributed by atoms with van der Waals surface area (Å²) in [5.41, 5.74) is -0.536. The van der Waals surface area contributed by atoms with Crippen molar-refractivity contribution in [3.05, 3.63) is 41.2 Å². The van der Waals surface area contributed by atoms with Crippen molar-refractivity contribution >= 4 is 5.95 Å². The largest absolute Gasteiger partial charge is 0.416 e. The Bertz CT molecular complexity index is 968. The number of nitrogens with one attached hydrogen (secondary N) is 2. The fourth-order valence-corrected chi connectivity index (χ4v) is 5.46. The first-order valence-corrected chi connectivity index (χ1v) is 10.8. The monoisotopic (exact) mass is 459 g/mol. The van der Waals surface area contributed by atoms with Crippen LogP contribution in [0.15, 0.2) is 24.3 Å². The Morgan fingerprint density at radius 2 is 1.69 bits per heavy atom. The van der Waals surface area contributed by atoms with Crippen LogP contribution in [0.25, 0.3) is 0 Å². The molecule has 1 aromatic heterocycles. The average molecular weight is 459 g/mol. The Labute approximate surface area is 180 Å². The molecular weight excluding hydrogens is 436 g/mol. The topological polar surface area (TPSA) is 54.8 Å². The van der Waals surface area contributed by atoms with Gasteiger partial charge in [-0.3, -0.25) is 0 Å². The summed E-state index contributed by atoms with van der Waals surface area (Å²) in [6.07, 6.45) is -7.22. The van der Waals surface area contributed by atoms with Gasteiger partial charge in [0.1, 0.15) is 11.9 Å². The third-order valence-corrected chi connectivity index (χ3v) is 7.02. The molecule has 32 heavy (non-hydrogen) atoms. The molecule has 2 N–H and O–H groups in total. The summed E-state index contributed by atoms with van der Waals surface area (Å²) in [5, 5.41) is 10.8. The van der Waals surface area contributed by atoms with Crippen LogP contribution in [-0.4, -0.2) is 40.1 Å². The predicted octanol–water partition coefficient (Wildman–Crippen LogP) is 4.74. The number of anilines is 1. The lowest BCUT2D eigenvalue weighted by atomic mass is 9.87. The summed E-state index contributed by atoms with van der Waals surface area (Å²) in [4.78, 5) is 4.39. The highest BCUT2D eigenvalue weighted by Gasteiger charge is 2.47. The highest BCUT2D eigenvalue weighted by molar-refractivity contribution is 5.36. The van der Waals surface area contributed by atoms with Crippen molar-refractivity contribution in [2.75, 3.05) is 18.4 Å². The molecule has 2 aliphatic heterocycles. The minimum absolute atomic E-state index is 0.0439. The summed E-state index contributed by atoms with van der Waals surface area (Å²) in [6.45, 7) is 1.67. The molecular formula is C21H23F6N5. The van der Waals surface area contributed by atoms with Gasteiger partial charge in [-0.15, -0.1) is 5.10 Å². The van der Waals surface area contributed by atoms with E-state index in [1.165, 1.54) is 12.1 Å². The Morgan fingerprint density at radius 1 is 0.969 bits per heavy atom. The smallest absolute Gasteiger partial charge is 0.350 e. The predicted molar refractivity (Wildman–Crippen MR) is 104 cm³/mol. The third-order valence-electron chi connectivity index (χ3n) is 7.02. The molecule has 5 nitrogen and oxygen atoms in total. The maximum atomic E-state index is 13.7. The summed E-state index contributed by atoms with van der Waals surface area (Å²) >= 11 is 0. The van der Waals surface area contributed by atoms with E-state index in [2.05, 4.69) is 20.7 Å². The number of hydrogen-bond acceptors (Lipinski definition) is 4. The van der Waals surface area contributed by atoms with E-state index in [1.807, 2.05) is 0 Å². The Hall–Kier alpha value is -2.30. The van der Waals surface area contributed by atoms with Crippen molar-refractivity contribution in [2.24, 2.45) is 11.8 Å². The van der Waals surface area contributed by atoms with Crippen LogP contribution in [0.4, 0.5) is 32.3 Å². The van der Waals surface area contributed by atoms with Crippen LogP contribution in [0.1, 0.15) is 54.6 Å². The number of rotatable bonds is 3. The zero-order valence-electron chi connectivity index (χ0n) is 17.0. The fourth-order valence-electron chi connectivity index (χ4n) is 5.46. The van der Waals surface area contributed by atoms with E-state index < -0.39 is 29.9 Å². The average Bonchev–Trinajstić information content (AvgIpc) is 3.22. The van der Waals surface area contributed by atoms with Gasteiger partial charge < -0.3 is 10.6 Å². The second kappa shape index (κ2) is 7.64. The molecule has 1 aliphatic carbocycles. The first-order valence-electron chi connectivity index (χ1n) is 10.8. The molecule has 3 unspecified atom stereocenters. The number of fused-ring (bicyclic) bond motifs is 3. The normalized spacial score (nSPS) is 30.2. The maximum absolute atomic E-state index is 13.7. The number of aromatic nitrogens is 3. The summed E-state index contributed by atoms with van der Waals surface area (Å²) in [7, 11) is 0. The van der Waals surface area contributed by atoms with Gasteiger partial charge in [-0.05, 0) is 62.2 Å². The van der Waals surface area contributed by atoms with Crippen LogP contribution in [0.2, 0.25) is 0 Å². The van der Waals surface area contributed by atoms with Crippen molar-refractivity contribution < 1.29 is 26.3 Å². The van der Waals surface area contributed by atoms with Gasteiger partial charge in [0.15, 0.2) is 0 Å². The van der Waals surface area contributed by atoms with Gasteiger partial charge in [-0.1, -0.05) is 18.2 Å². The SMILES string of the molecule is FC(F)(F)c1cccc(C2CCC(C(F)(F)F)n3nc(NC4[C@@H]5CC[C@H]4CNC5)nc32)c1. The van der Waals surface area contributed by atoms with Gasteiger partial charge >= 0.3 is 12.4 Å². The molecule has 0 radical (unpaired) electrons. The van der Waals surface area contributed by atoms with E-state index in [0.717, 1.165) is 42.7 Å². The second-order valence-electron chi connectivity index (χ2n) is 8.97. The Kier molecular flexibility index (Phi) is 5.14. The van der Waals surface area contributed by atoms with Crippen LogP contribution < -0.4 is 10.6 Å². The van der Waals surface area contributed by atoms with E-state index in [4.69, 9.17) is 0 Å². The van der Waals surface area contributed by atoms with E-state index in [0.29, 0.717) is 17.4 Å².